The van der Waals surface area contributed by atoms with Crippen molar-refractivity contribution < 1.29 is 5.11 Å². The van der Waals surface area contributed by atoms with E-state index in [4.69, 9.17) is 0 Å². The lowest BCUT2D eigenvalue weighted by molar-refractivity contribution is 0.263. The molecule has 116 valence electrons. The first kappa shape index (κ1) is 15.4. The maximum Gasteiger partial charge on any atom is 0.197 e. The monoisotopic (exact) mass is 383 g/mol. The minimum atomic E-state index is -0.136. The van der Waals surface area contributed by atoms with Crippen LogP contribution in [0.4, 0.5) is 0 Å². The fourth-order valence-electron chi connectivity index (χ4n) is 2.14. The van der Waals surface area contributed by atoms with Crippen molar-refractivity contribution in [1.29, 1.82) is 0 Å². The second kappa shape index (κ2) is 6.31. The Morgan fingerprint density at radius 3 is 2.86 bits per heavy atom. The Labute approximate surface area is 139 Å². The number of halogens is 1. The SMILES string of the molecule is CCCn1c(CO)nnc1Sc1ncnc2c1c(Br)nn2C. The summed E-state index contributed by atoms with van der Waals surface area (Å²) in [5.41, 5.74) is 0.744. The number of nitrogens with zero attached hydrogens (tertiary/aromatic N) is 7. The highest BCUT2D eigenvalue weighted by atomic mass is 79.9. The first-order valence-electron chi connectivity index (χ1n) is 6.69. The molecule has 1 N–H and O–H groups in total. The van der Waals surface area contributed by atoms with Gasteiger partial charge in [0.1, 0.15) is 22.6 Å². The molecule has 0 atom stereocenters. The zero-order chi connectivity index (χ0) is 15.7. The Kier molecular flexibility index (Phi) is 4.41. The molecule has 8 nitrogen and oxygen atoms in total. The fraction of sp³-hybridized carbons (Fsp3) is 0.417. The van der Waals surface area contributed by atoms with E-state index in [1.807, 2.05) is 11.6 Å². The topological polar surface area (TPSA) is 94.5 Å². The number of hydrogen-bond donors (Lipinski definition) is 1. The molecule has 22 heavy (non-hydrogen) atoms. The van der Waals surface area contributed by atoms with Crippen molar-refractivity contribution in [1.82, 2.24) is 34.5 Å². The minimum Gasteiger partial charge on any atom is -0.388 e. The molecular formula is C12H14BrN7OS. The first-order valence-corrected chi connectivity index (χ1v) is 8.30. The quantitative estimate of drug-likeness (QED) is 0.670. The number of aliphatic hydroxyl groups excluding tert-OH is 1. The van der Waals surface area contributed by atoms with Crippen LogP contribution >= 0.6 is 27.7 Å². The number of fused-ring (bicyclic) bond motifs is 1. The molecule has 0 saturated carbocycles. The van der Waals surface area contributed by atoms with E-state index in [0.717, 1.165) is 29.0 Å². The van der Waals surface area contributed by atoms with Crippen molar-refractivity contribution >= 4 is 38.7 Å². The number of hydrogen-bond acceptors (Lipinski definition) is 7. The molecular weight excluding hydrogens is 370 g/mol. The van der Waals surface area contributed by atoms with Crippen LogP contribution in [0, 0.1) is 0 Å². The third-order valence-corrected chi connectivity index (χ3v) is 4.66. The van der Waals surface area contributed by atoms with E-state index in [0.29, 0.717) is 15.6 Å². The van der Waals surface area contributed by atoms with Gasteiger partial charge in [-0.05, 0) is 34.1 Å². The van der Waals surface area contributed by atoms with Crippen molar-refractivity contribution in [3.63, 3.8) is 0 Å². The van der Waals surface area contributed by atoms with Gasteiger partial charge in [0.15, 0.2) is 16.6 Å². The summed E-state index contributed by atoms with van der Waals surface area (Å²) in [4.78, 5) is 8.58. The molecule has 3 aromatic heterocycles. The summed E-state index contributed by atoms with van der Waals surface area (Å²) in [6.07, 6.45) is 2.43. The summed E-state index contributed by atoms with van der Waals surface area (Å²) in [5.74, 6) is 0.555. The van der Waals surface area contributed by atoms with Crippen molar-refractivity contribution in [2.75, 3.05) is 0 Å². The van der Waals surface area contributed by atoms with Crippen LogP contribution in [0.15, 0.2) is 21.1 Å². The second-order valence-electron chi connectivity index (χ2n) is 4.60. The van der Waals surface area contributed by atoms with Crippen LogP contribution in [0.25, 0.3) is 11.0 Å². The maximum atomic E-state index is 9.36. The summed E-state index contributed by atoms with van der Waals surface area (Å²) in [7, 11) is 1.83. The molecule has 0 aliphatic heterocycles. The zero-order valence-electron chi connectivity index (χ0n) is 12.1. The van der Waals surface area contributed by atoms with Gasteiger partial charge in [-0.1, -0.05) is 6.92 Å². The minimum absolute atomic E-state index is 0.136. The molecule has 0 spiro atoms. The van der Waals surface area contributed by atoms with Gasteiger partial charge >= 0.3 is 0 Å². The lowest BCUT2D eigenvalue weighted by atomic mass is 10.4. The van der Waals surface area contributed by atoms with Gasteiger partial charge < -0.3 is 9.67 Å². The van der Waals surface area contributed by atoms with Crippen LogP contribution in [0.2, 0.25) is 0 Å². The van der Waals surface area contributed by atoms with Crippen molar-refractivity contribution in [2.45, 2.75) is 36.7 Å². The number of aliphatic hydroxyl groups is 1. The molecule has 0 unspecified atom stereocenters. The van der Waals surface area contributed by atoms with E-state index >= 15 is 0 Å². The Hall–Kier alpha value is -1.52. The van der Waals surface area contributed by atoms with Crippen LogP contribution in [0.5, 0.6) is 0 Å². The average molecular weight is 384 g/mol. The normalized spacial score (nSPS) is 11.5. The van der Waals surface area contributed by atoms with Gasteiger partial charge in [0.25, 0.3) is 0 Å². The average Bonchev–Trinajstić information content (AvgIpc) is 3.02. The Morgan fingerprint density at radius 2 is 2.14 bits per heavy atom. The van der Waals surface area contributed by atoms with Gasteiger partial charge in [-0.2, -0.15) is 5.10 Å². The van der Waals surface area contributed by atoms with Gasteiger partial charge in [0.2, 0.25) is 0 Å². The summed E-state index contributed by atoms with van der Waals surface area (Å²) in [5, 5.41) is 24.1. The molecule has 0 aliphatic carbocycles. The second-order valence-corrected chi connectivity index (χ2v) is 6.31. The van der Waals surface area contributed by atoms with Gasteiger partial charge in [0.05, 0.1) is 5.39 Å². The predicted octanol–water partition coefficient (Wildman–Crippen LogP) is 1.77. The summed E-state index contributed by atoms with van der Waals surface area (Å²) in [6.45, 7) is 2.67. The molecule has 0 fully saturated rings. The molecule has 10 heteroatoms. The molecule has 3 aromatic rings. The maximum absolute atomic E-state index is 9.36. The van der Waals surface area contributed by atoms with Gasteiger partial charge in [-0.15, -0.1) is 10.2 Å². The van der Waals surface area contributed by atoms with Gasteiger partial charge in [-0.25, -0.2) is 14.6 Å². The van der Waals surface area contributed by atoms with Crippen LogP contribution in [0.1, 0.15) is 19.2 Å². The number of rotatable bonds is 5. The number of aryl methyl sites for hydroxylation is 1. The van der Waals surface area contributed by atoms with E-state index in [1.54, 1.807) is 4.68 Å². The van der Waals surface area contributed by atoms with Crippen molar-refractivity contribution in [2.24, 2.45) is 7.05 Å². The van der Waals surface area contributed by atoms with Gasteiger partial charge in [-0.3, -0.25) is 0 Å². The van der Waals surface area contributed by atoms with Crippen LogP contribution in [-0.2, 0) is 20.2 Å². The molecule has 0 aliphatic rings. The molecule has 0 amide bonds. The Balaban J connectivity index is 2.06. The molecule has 0 aromatic carbocycles. The smallest absolute Gasteiger partial charge is 0.197 e. The van der Waals surface area contributed by atoms with E-state index in [-0.39, 0.29) is 6.61 Å². The van der Waals surface area contributed by atoms with Crippen molar-refractivity contribution in [3.8, 4) is 0 Å². The van der Waals surface area contributed by atoms with E-state index < -0.39 is 0 Å². The molecule has 0 radical (unpaired) electrons. The lowest BCUT2D eigenvalue weighted by Crippen LogP contribution is -2.04. The van der Waals surface area contributed by atoms with Crippen LogP contribution in [-0.4, -0.2) is 39.6 Å². The predicted molar refractivity (Wildman–Crippen MR) is 84.4 cm³/mol. The first-order chi connectivity index (χ1) is 10.7. The van der Waals surface area contributed by atoms with Gasteiger partial charge in [0, 0.05) is 13.6 Å². The summed E-state index contributed by atoms with van der Waals surface area (Å²) in [6, 6.07) is 0. The lowest BCUT2D eigenvalue weighted by Gasteiger charge is -2.07. The Bertz CT molecular complexity index is 815. The molecule has 3 heterocycles. The Morgan fingerprint density at radius 1 is 1.32 bits per heavy atom. The fourth-order valence-corrected chi connectivity index (χ4v) is 3.82. The largest absolute Gasteiger partial charge is 0.388 e. The standard InChI is InChI=1S/C12H14BrN7OS/c1-3-4-20-7(5-21)16-17-12(20)22-11-8-9(13)18-19(2)10(8)14-6-15-11/h6,21H,3-5H2,1-2H3. The third kappa shape index (κ3) is 2.61. The van der Waals surface area contributed by atoms with Crippen LogP contribution < -0.4 is 0 Å². The third-order valence-electron chi connectivity index (χ3n) is 3.11. The van der Waals surface area contributed by atoms with Crippen molar-refractivity contribution in [3.05, 3.63) is 16.8 Å². The van der Waals surface area contributed by atoms with E-state index in [1.165, 1.54) is 18.1 Å². The van der Waals surface area contributed by atoms with E-state index in [2.05, 4.69) is 48.1 Å². The highest BCUT2D eigenvalue weighted by Crippen LogP contribution is 2.33. The molecule has 0 saturated heterocycles. The highest BCUT2D eigenvalue weighted by molar-refractivity contribution is 9.10. The highest BCUT2D eigenvalue weighted by Gasteiger charge is 2.18. The zero-order valence-corrected chi connectivity index (χ0v) is 14.5. The summed E-state index contributed by atoms with van der Waals surface area (Å²) >= 11 is 4.83. The number of aromatic nitrogens is 7. The summed E-state index contributed by atoms with van der Waals surface area (Å²) < 4.78 is 4.29. The van der Waals surface area contributed by atoms with Crippen LogP contribution in [0.3, 0.4) is 0 Å². The van der Waals surface area contributed by atoms with E-state index in [9.17, 15) is 5.11 Å². The molecule has 3 rings (SSSR count). The molecule has 0 bridgehead atoms.